The lowest BCUT2D eigenvalue weighted by atomic mass is 10.0. The number of fused-ring (bicyclic) bond motifs is 1. The van der Waals surface area contributed by atoms with Crippen molar-refractivity contribution >= 4 is 23.3 Å². The summed E-state index contributed by atoms with van der Waals surface area (Å²) in [7, 11) is 0. The number of nitrogen functional groups attached to an aromatic ring is 1. The first kappa shape index (κ1) is 13.7. The van der Waals surface area contributed by atoms with Gasteiger partial charge in [-0.05, 0) is 30.9 Å². The molecule has 21 heavy (non-hydrogen) atoms. The van der Waals surface area contributed by atoms with E-state index in [1.54, 1.807) is 0 Å². The Morgan fingerprint density at radius 3 is 3.00 bits per heavy atom. The molecule has 0 saturated heterocycles. The molecular weight excluding hydrogens is 262 g/mol. The average molecular weight is 283 g/mol. The fourth-order valence-electron chi connectivity index (χ4n) is 2.71. The van der Waals surface area contributed by atoms with Crippen molar-refractivity contribution in [2.75, 3.05) is 29.0 Å². The third-order valence-electron chi connectivity index (χ3n) is 3.67. The van der Waals surface area contributed by atoms with Crippen LogP contribution in [-0.4, -0.2) is 23.1 Å². The fraction of sp³-hybridized carbons (Fsp3) is 0.375. The fourth-order valence-corrected chi connectivity index (χ4v) is 2.71. The number of nitrogens with two attached hydrogens (primary N) is 1. The number of nitrogens with one attached hydrogen (secondary N) is 1. The number of anilines is 4. The molecule has 0 aliphatic carbocycles. The molecule has 1 aromatic carbocycles. The third kappa shape index (κ3) is 2.91. The molecule has 0 bridgehead atoms. The SMILES string of the molecule is CCCNc1cc(N2CCCc3ccccc32)nc(N)n1. The molecule has 2 aromatic rings. The maximum atomic E-state index is 5.87. The summed E-state index contributed by atoms with van der Waals surface area (Å²) in [6, 6.07) is 10.5. The molecule has 5 nitrogen and oxygen atoms in total. The largest absolute Gasteiger partial charge is 0.370 e. The zero-order chi connectivity index (χ0) is 14.7. The van der Waals surface area contributed by atoms with Crippen molar-refractivity contribution in [3.05, 3.63) is 35.9 Å². The molecule has 0 radical (unpaired) electrons. The molecule has 5 heteroatoms. The second-order valence-electron chi connectivity index (χ2n) is 5.28. The standard InChI is InChI=1S/C16H21N5/c1-2-9-18-14-11-15(20-16(17)19-14)21-10-5-7-12-6-3-4-8-13(12)21/h3-4,6,8,11H,2,5,7,9-10H2,1H3,(H3,17,18,19,20). The summed E-state index contributed by atoms with van der Waals surface area (Å²) in [4.78, 5) is 10.9. The molecule has 0 fully saturated rings. The van der Waals surface area contributed by atoms with Gasteiger partial charge in [-0.1, -0.05) is 25.1 Å². The van der Waals surface area contributed by atoms with Crippen LogP contribution in [0.2, 0.25) is 0 Å². The van der Waals surface area contributed by atoms with Gasteiger partial charge in [0.15, 0.2) is 0 Å². The summed E-state index contributed by atoms with van der Waals surface area (Å²) in [5.41, 5.74) is 8.46. The molecular formula is C16H21N5. The molecule has 0 spiro atoms. The van der Waals surface area contributed by atoms with Gasteiger partial charge in [0.05, 0.1) is 0 Å². The van der Waals surface area contributed by atoms with Gasteiger partial charge in [0.1, 0.15) is 11.6 Å². The molecule has 1 aliphatic rings. The second kappa shape index (κ2) is 5.99. The van der Waals surface area contributed by atoms with Crippen molar-refractivity contribution in [2.24, 2.45) is 0 Å². The van der Waals surface area contributed by atoms with Crippen molar-refractivity contribution in [1.29, 1.82) is 0 Å². The minimum absolute atomic E-state index is 0.314. The van der Waals surface area contributed by atoms with Crippen molar-refractivity contribution in [3.63, 3.8) is 0 Å². The molecule has 3 rings (SSSR count). The van der Waals surface area contributed by atoms with E-state index in [2.05, 4.69) is 51.4 Å². The quantitative estimate of drug-likeness (QED) is 0.903. The number of benzene rings is 1. The van der Waals surface area contributed by atoms with Gasteiger partial charge in [0, 0.05) is 24.8 Å². The van der Waals surface area contributed by atoms with Crippen LogP contribution < -0.4 is 16.0 Å². The smallest absolute Gasteiger partial charge is 0.223 e. The number of hydrogen-bond acceptors (Lipinski definition) is 5. The van der Waals surface area contributed by atoms with E-state index in [1.807, 2.05) is 6.07 Å². The van der Waals surface area contributed by atoms with Crippen molar-refractivity contribution in [3.8, 4) is 0 Å². The summed E-state index contributed by atoms with van der Waals surface area (Å²) in [5, 5.41) is 3.28. The van der Waals surface area contributed by atoms with Gasteiger partial charge >= 0.3 is 0 Å². The number of hydrogen-bond donors (Lipinski definition) is 2. The Labute approximate surface area is 125 Å². The molecule has 3 N–H and O–H groups in total. The summed E-state index contributed by atoms with van der Waals surface area (Å²) < 4.78 is 0. The van der Waals surface area contributed by atoms with Crippen LogP contribution in [0.5, 0.6) is 0 Å². The van der Waals surface area contributed by atoms with Gasteiger partial charge in [-0.15, -0.1) is 0 Å². The first-order valence-electron chi connectivity index (χ1n) is 7.52. The predicted molar refractivity (Wildman–Crippen MR) is 87.0 cm³/mol. The van der Waals surface area contributed by atoms with E-state index in [-0.39, 0.29) is 0 Å². The maximum Gasteiger partial charge on any atom is 0.223 e. The highest BCUT2D eigenvalue weighted by Gasteiger charge is 2.19. The second-order valence-corrected chi connectivity index (χ2v) is 5.28. The molecule has 0 saturated carbocycles. The van der Waals surface area contributed by atoms with E-state index in [9.17, 15) is 0 Å². The average Bonchev–Trinajstić information content (AvgIpc) is 2.52. The van der Waals surface area contributed by atoms with E-state index in [1.165, 1.54) is 11.3 Å². The minimum atomic E-state index is 0.314. The lowest BCUT2D eigenvalue weighted by molar-refractivity contribution is 0.759. The maximum absolute atomic E-state index is 5.87. The van der Waals surface area contributed by atoms with Crippen molar-refractivity contribution < 1.29 is 0 Å². The number of nitrogens with zero attached hydrogens (tertiary/aromatic N) is 3. The molecule has 1 aliphatic heterocycles. The Kier molecular flexibility index (Phi) is 3.90. The lowest BCUT2D eigenvalue weighted by Gasteiger charge is -2.30. The summed E-state index contributed by atoms with van der Waals surface area (Å²) in [6.45, 7) is 3.96. The van der Waals surface area contributed by atoms with E-state index in [0.29, 0.717) is 5.95 Å². The highest BCUT2D eigenvalue weighted by Crippen LogP contribution is 2.33. The topological polar surface area (TPSA) is 67.1 Å². The molecule has 0 amide bonds. The van der Waals surface area contributed by atoms with Gasteiger partial charge in [-0.2, -0.15) is 9.97 Å². The van der Waals surface area contributed by atoms with Gasteiger partial charge in [0.25, 0.3) is 0 Å². The molecule has 0 unspecified atom stereocenters. The lowest BCUT2D eigenvalue weighted by Crippen LogP contribution is -2.25. The van der Waals surface area contributed by atoms with Crippen molar-refractivity contribution in [1.82, 2.24) is 9.97 Å². The van der Waals surface area contributed by atoms with Crippen molar-refractivity contribution in [2.45, 2.75) is 26.2 Å². The van der Waals surface area contributed by atoms with Crippen LogP contribution >= 0.6 is 0 Å². The summed E-state index contributed by atoms with van der Waals surface area (Å²) in [6.07, 6.45) is 3.29. The molecule has 2 heterocycles. The summed E-state index contributed by atoms with van der Waals surface area (Å²) in [5.74, 6) is 1.98. The monoisotopic (exact) mass is 283 g/mol. The van der Waals surface area contributed by atoms with Crippen LogP contribution in [0.1, 0.15) is 25.3 Å². The number of aryl methyl sites for hydroxylation is 1. The van der Waals surface area contributed by atoms with Crippen LogP contribution in [0.15, 0.2) is 30.3 Å². The van der Waals surface area contributed by atoms with Crippen LogP contribution in [0.25, 0.3) is 0 Å². The Hall–Kier alpha value is -2.30. The van der Waals surface area contributed by atoms with Gasteiger partial charge < -0.3 is 16.0 Å². The van der Waals surface area contributed by atoms with E-state index in [4.69, 9.17) is 5.73 Å². The Bertz CT molecular complexity index is 626. The third-order valence-corrected chi connectivity index (χ3v) is 3.67. The highest BCUT2D eigenvalue weighted by molar-refractivity contribution is 5.67. The summed E-state index contributed by atoms with van der Waals surface area (Å²) >= 11 is 0. The zero-order valence-electron chi connectivity index (χ0n) is 12.3. The number of rotatable bonds is 4. The van der Waals surface area contributed by atoms with Crippen LogP contribution in [0.3, 0.4) is 0 Å². The van der Waals surface area contributed by atoms with E-state index >= 15 is 0 Å². The number of aromatic nitrogens is 2. The zero-order valence-corrected chi connectivity index (χ0v) is 12.3. The molecule has 0 atom stereocenters. The van der Waals surface area contributed by atoms with Crippen LogP contribution in [0.4, 0.5) is 23.3 Å². The normalized spacial score (nSPS) is 13.9. The first-order chi connectivity index (χ1) is 10.3. The van der Waals surface area contributed by atoms with Crippen LogP contribution in [-0.2, 0) is 6.42 Å². The predicted octanol–water partition coefficient (Wildman–Crippen LogP) is 2.97. The molecule has 1 aromatic heterocycles. The van der Waals surface area contributed by atoms with Gasteiger partial charge in [0.2, 0.25) is 5.95 Å². The first-order valence-corrected chi connectivity index (χ1v) is 7.52. The Morgan fingerprint density at radius 1 is 1.29 bits per heavy atom. The van der Waals surface area contributed by atoms with Gasteiger partial charge in [-0.25, -0.2) is 0 Å². The molecule has 110 valence electrons. The van der Waals surface area contributed by atoms with E-state index in [0.717, 1.165) is 44.0 Å². The Morgan fingerprint density at radius 2 is 2.14 bits per heavy atom. The van der Waals surface area contributed by atoms with Gasteiger partial charge in [-0.3, -0.25) is 0 Å². The number of para-hydroxylation sites is 1. The van der Waals surface area contributed by atoms with Crippen LogP contribution in [0, 0.1) is 0 Å². The highest BCUT2D eigenvalue weighted by atomic mass is 15.2. The van der Waals surface area contributed by atoms with E-state index < -0.39 is 0 Å². The minimum Gasteiger partial charge on any atom is -0.370 e. The Balaban J connectivity index is 1.95.